The molecule has 1 amide bonds. The molecule has 0 radical (unpaired) electrons. The summed E-state index contributed by atoms with van der Waals surface area (Å²) in [6, 6.07) is 8.15. The van der Waals surface area contributed by atoms with Crippen LogP contribution in [-0.2, 0) is 4.79 Å². The summed E-state index contributed by atoms with van der Waals surface area (Å²) in [5.41, 5.74) is 3.09. The van der Waals surface area contributed by atoms with E-state index in [1.54, 1.807) is 0 Å². The highest BCUT2D eigenvalue weighted by Crippen LogP contribution is 2.15. The van der Waals surface area contributed by atoms with E-state index >= 15 is 0 Å². The number of hydrogen-bond donors (Lipinski definition) is 1. The molecule has 108 valence electrons. The summed E-state index contributed by atoms with van der Waals surface area (Å²) in [5, 5.41) is 11.8. The summed E-state index contributed by atoms with van der Waals surface area (Å²) in [6.07, 6.45) is 0. The molecule has 0 saturated heterocycles. The van der Waals surface area contributed by atoms with E-state index < -0.39 is 0 Å². The number of nitrogens with one attached hydrogen (secondary N) is 1. The Bertz CT molecular complexity index is 505. The van der Waals surface area contributed by atoms with E-state index in [2.05, 4.69) is 11.4 Å². The van der Waals surface area contributed by atoms with Gasteiger partial charge in [0.2, 0.25) is 5.91 Å². The Hall–Kier alpha value is -1.86. The van der Waals surface area contributed by atoms with E-state index in [1.165, 1.54) is 5.56 Å². The predicted molar refractivity (Wildman–Crippen MR) is 81.4 cm³/mol. The number of carbonyl (C=O) groups excluding carboxylic acids is 1. The number of likely N-dealkylation sites (N-methyl/N-ethyl adjacent to an activating group) is 1. The number of nitriles is 1. The molecule has 20 heavy (non-hydrogen) atoms. The fraction of sp³-hybridized carbons (Fsp3) is 0.500. The molecular formula is C16H23N3O. The zero-order chi connectivity index (χ0) is 15.1. The molecule has 1 aromatic carbocycles. The molecule has 1 unspecified atom stereocenters. The summed E-state index contributed by atoms with van der Waals surface area (Å²) in [4.78, 5) is 14.0. The Balaban J connectivity index is 2.60. The van der Waals surface area contributed by atoms with Gasteiger partial charge in [0.15, 0.2) is 0 Å². The van der Waals surface area contributed by atoms with Gasteiger partial charge in [-0.15, -0.1) is 0 Å². The SMILES string of the molecule is CCN(CC(=O)Nc1ccc(C)cc1C)CC(C)C#N. The van der Waals surface area contributed by atoms with Crippen molar-refractivity contribution in [3.05, 3.63) is 29.3 Å². The lowest BCUT2D eigenvalue weighted by Crippen LogP contribution is -2.35. The third kappa shape index (κ3) is 5.02. The molecule has 1 rings (SSSR count). The van der Waals surface area contributed by atoms with Crippen molar-refractivity contribution in [1.82, 2.24) is 4.90 Å². The number of aryl methyl sites for hydroxylation is 2. The number of carbonyl (C=O) groups is 1. The van der Waals surface area contributed by atoms with Gasteiger partial charge in [0.05, 0.1) is 18.5 Å². The number of nitrogens with zero attached hydrogens (tertiary/aromatic N) is 2. The standard InChI is InChI=1S/C16H23N3O/c1-5-19(10-13(3)9-17)11-16(20)18-15-7-6-12(2)8-14(15)4/h6-8,13H,5,10-11H2,1-4H3,(H,18,20). The molecule has 0 aromatic heterocycles. The van der Waals surface area contributed by atoms with Crippen LogP contribution in [0.3, 0.4) is 0 Å². The Kier molecular flexibility index (Phi) is 6.20. The van der Waals surface area contributed by atoms with Crippen molar-refractivity contribution < 1.29 is 4.79 Å². The fourth-order valence-corrected chi connectivity index (χ4v) is 2.08. The molecule has 0 aliphatic rings. The first kappa shape index (κ1) is 16.2. The Morgan fingerprint density at radius 3 is 2.70 bits per heavy atom. The van der Waals surface area contributed by atoms with E-state index in [1.807, 2.05) is 50.8 Å². The average molecular weight is 273 g/mol. The van der Waals surface area contributed by atoms with E-state index in [0.717, 1.165) is 17.8 Å². The van der Waals surface area contributed by atoms with Crippen LogP contribution in [0.2, 0.25) is 0 Å². The highest BCUT2D eigenvalue weighted by molar-refractivity contribution is 5.93. The molecular weight excluding hydrogens is 250 g/mol. The van der Waals surface area contributed by atoms with E-state index in [-0.39, 0.29) is 11.8 Å². The number of hydrogen-bond acceptors (Lipinski definition) is 3. The first-order valence-corrected chi connectivity index (χ1v) is 6.95. The van der Waals surface area contributed by atoms with Crippen LogP contribution >= 0.6 is 0 Å². The summed E-state index contributed by atoms with van der Waals surface area (Å²) >= 11 is 0. The van der Waals surface area contributed by atoms with Gasteiger partial charge in [-0.1, -0.05) is 24.6 Å². The maximum Gasteiger partial charge on any atom is 0.238 e. The number of amides is 1. The first-order valence-electron chi connectivity index (χ1n) is 6.95. The van der Waals surface area contributed by atoms with E-state index in [0.29, 0.717) is 13.1 Å². The van der Waals surface area contributed by atoms with Crippen molar-refractivity contribution in [2.45, 2.75) is 27.7 Å². The van der Waals surface area contributed by atoms with Crippen molar-refractivity contribution in [1.29, 1.82) is 5.26 Å². The zero-order valence-electron chi connectivity index (χ0n) is 12.7. The fourth-order valence-electron chi connectivity index (χ4n) is 2.08. The van der Waals surface area contributed by atoms with Crippen molar-refractivity contribution in [2.24, 2.45) is 5.92 Å². The normalized spacial score (nSPS) is 12.0. The van der Waals surface area contributed by atoms with Gasteiger partial charge in [-0.2, -0.15) is 5.26 Å². The maximum atomic E-state index is 12.1. The van der Waals surface area contributed by atoms with Crippen LogP contribution < -0.4 is 5.32 Å². The van der Waals surface area contributed by atoms with Crippen molar-refractivity contribution in [3.8, 4) is 6.07 Å². The molecule has 4 nitrogen and oxygen atoms in total. The van der Waals surface area contributed by atoms with Gasteiger partial charge in [0.1, 0.15) is 0 Å². The second-order valence-corrected chi connectivity index (χ2v) is 5.22. The lowest BCUT2D eigenvalue weighted by atomic mass is 10.1. The van der Waals surface area contributed by atoms with E-state index in [9.17, 15) is 4.79 Å². The molecule has 0 aliphatic carbocycles. The zero-order valence-corrected chi connectivity index (χ0v) is 12.7. The number of anilines is 1. The topological polar surface area (TPSA) is 56.1 Å². The first-order chi connectivity index (χ1) is 9.46. The smallest absolute Gasteiger partial charge is 0.238 e. The molecule has 0 spiro atoms. The van der Waals surface area contributed by atoms with Gasteiger partial charge in [-0.3, -0.25) is 9.69 Å². The van der Waals surface area contributed by atoms with Crippen molar-refractivity contribution in [3.63, 3.8) is 0 Å². The van der Waals surface area contributed by atoms with Crippen LogP contribution in [-0.4, -0.2) is 30.4 Å². The van der Waals surface area contributed by atoms with Gasteiger partial charge in [-0.25, -0.2) is 0 Å². The third-order valence-electron chi connectivity index (χ3n) is 3.22. The molecule has 1 atom stereocenters. The molecule has 1 aromatic rings. The quantitative estimate of drug-likeness (QED) is 0.867. The molecule has 0 bridgehead atoms. The minimum atomic E-state index is -0.0659. The molecule has 0 aliphatic heterocycles. The second kappa shape index (κ2) is 7.66. The number of rotatable bonds is 6. The maximum absolute atomic E-state index is 12.1. The van der Waals surface area contributed by atoms with Crippen LogP contribution in [0.5, 0.6) is 0 Å². The highest BCUT2D eigenvalue weighted by atomic mass is 16.2. The molecule has 0 heterocycles. The van der Waals surface area contributed by atoms with Gasteiger partial charge in [0.25, 0.3) is 0 Å². The minimum Gasteiger partial charge on any atom is -0.325 e. The van der Waals surface area contributed by atoms with Crippen LogP contribution in [0.15, 0.2) is 18.2 Å². The van der Waals surface area contributed by atoms with Crippen LogP contribution in [0.4, 0.5) is 5.69 Å². The molecule has 4 heteroatoms. The van der Waals surface area contributed by atoms with Gasteiger partial charge in [0, 0.05) is 12.2 Å². The summed E-state index contributed by atoms with van der Waals surface area (Å²) in [7, 11) is 0. The Labute approximate surface area is 121 Å². The third-order valence-corrected chi connectivity index (χ3v) is 3.22. The second-order valence-electron chi connectivity index (χ2n) is 5.22. The monoisotopic (exact) mass is 273 g/mol. The van der Waals surface area contributed by atoms with Crippen molar-refractivity contribution in [2.75, 3.05) is 25.0 Å². The largest absolute Gasteiger partial charge is 0.325 e. The van der Waals surface area contributed by atoms with Gasteiger partial charge < -0.3 is 5.32 Å². The average Bonchev–Trinajstić information content (AvgIpc) is 2.41. The van der Waals surface area contributed by atoms with Crippen LogP contribution in [0, 0.1) is 31.1 Å². The summed E-state index contributed by atoms with van der Waals surface area (Å²) < 4.78 is 0. The van der Waals surface area contributed by atoms with Crippen molar-refractivity contribution >= 4 is 11.6 Å². The molecule has 0 fully saturated rings. The summed E-state index contributed by atoms with van der Waals surface area (Å²) in [6.45, 7) is 9.56. The molecule has 0 saturated carbocycles. The van der Waals surface area contributed by atoms with E-state index in [4.69, 9.17) is 5.26 Å². The minimum absolute atomic E-state index is 0.0380. The van der Waals surface area contributed by atoms with Gasteiger partial charge >= 0.3 is 0 Å². The van der Waals surface area contributed by atoms with Crippen LogP contribution in [0.25, 0.3) is 0 Å². The summed E-state index contributed by atoms with van der Waals surface area (Å²) in [5.74, 6) is -0.104. The lowest BCUT2D eigenvalue weighted by Gasteiger charge is -2.21. The van der Waals surface area contributed by atoms with Gasteiger partial charge in [-0.05, 0) is 38.9 Å². The lowest BCUT2D eigenvalue weighted by molar-refractivity contribution is -0.117. The Morgan fingerprint density at radius 2 is 2.15 bits per heavy atom. The number of benzene rings is 1. The molecule has 1 N–H and O–H groups in total. The highest BCUT2D eigenvalue weighted by Gasteiger charge is 2.13. The predicted octanol–water partition coefficient (Wildman–Crippen LogP) is 2.72. The Morgan fingerprint density at radius 1 is 1.45 bits per heavy atom. The van der Waals surface area contributed by atoms with Crippen LogP contribution in [0.1, 0.15) is 25.0 Å².